The van der Waals surface area contributed by atoms with Gasteiger partial charge in [-0.2, -0.15) is 0 Å². The van der Waals surface area contributed by atoms with Crippen LogP contribution in [0.5, 0.6) is 0 Å². The van der Waals surface area contributed by atoms with Crippen molar-refractivity contribution in [2.75, 3.05) is 19.3 Å². The van der Waals surface area contributed by atoms with Gasteiger partial charge in [-0.1, -0.05) is 18.2 Å². The highest BCUT2D eigenvalue weighted by Gasteiger charge is 2.30. The molecule has 0 heterocycles. The number of halogens is 2. The predicted octanol–water partition coefficient (Wildman–Crippen LogP) is 2.32. The molecule has 0 aromatic heterocycles. The van der Waals surface area contributed by atoms with E-state index in [-0.39, 0.29) is 42.9 Å². The molecule has 1 rings (SSSR count). The van der Waals surface area contributed by atoms with Gasteiger partial charge in [0.2, 0.25) is 0 Å². The summed E-state index contributed by atoms with van der Waals surface area (Å²) >= 11 is 0. The van der Waals surface area contributed by atoms with Crippen LogP contribution < -0.4 is 10.6 Å². The lowest BCUT2D eigenvalue weighted by Gasteiger charge is -2.24. The molecule has 0 aliphatic carbocycles. The average molecular weight is 457 g/mol. The number of guanidine groups is 1. The van der Waals surface area contributed by atoms with Gasteiger partial charge >= 0.3 is 0 Å². The van der Waals surface area contributed by atoms with Gasteiger partial charge in [-0.3, -0.25) is 0 Å². The Balaban J connectivity index is 0.00000484. The first kappa shape index (κ1) is 22.1. The first-order chi connectivity index (χ1) is 10.2. The van der Waals surface area contributed by atoms with E-state index in [2.05, 4.69) is 15.6 Å². The molecular formula is C15H25FIN3O2S. The summed E-state index contributed by atoms with van der Waals surface area (Å²) in [6, 6.07) is 6.43. The van der Waals surface area contributed by atoms with Crippen LogP contribution in [0.2, 0.25) is 0 Å². The third-order valence-electron chi connectivity index (χ3n) is 3.39. The zero-order chi connectivity index (χ0) is 16.8. The van der Waals surface area contributed by atoms with Crippen LogP contribution in [0.3, 0.4) is 0 Å². The molecule has 132 valence electrons. The molecule has 0 amide bonds. The van der Waals surface area contributed by atoms with Crippen LogP contribution in [0.1, 0.15) is 26.3 Å². The smallest absolute Gasteiger partial charge is 0.191 e. The second-order valence-electron chi connectivity index (χ2n) is 5.67. The molecule has 0 bridgehead atoms. The van der Waals surface area contributed by atoms with Gasteiger partial charge in [0.05, 0.1) is 11.3 Å². The Bertz CT molecular complexity index is 633. The number of benzene rings is 1. The first-order valence-electron chi connectivity index (χ1n) is 7.12. The van der Waals surface area contributed by atoms with Gasteiger partial charge in [-0.05, 0) is 26.8 Å². The van der Waals surface area contributed by atoms with Crippen molar-refractivity contribution in [2.24, 2.45) is 4.99 Å². The van der Waals surface area contributed by atoms with Gasteiger partial charge in [-0.15, -0.1) is 24.0 Å². The summed E-state index contributed by atoms with van der Waals surface area (Å²) in [6.45, 7) is 6.23. The average Bonchev–Trinajstić information content (AvgIpc) is 2.42. The van der Waals surface area contributed by atoms with Crippen molar-refractivity contribution in [2.45, 2.75) is 32.1 Å². The molecule has 23 heavy (non-hydrogen) atoms. The third-order valence-corrected chi connectivity index (χ3v) is 5.55. The fourth-order valence-electron chi connectivity index (χ4n) is 1.56. The van der Waals surface area contributed by atoms with Crippen molar-refractivity contribution >= 4 is 39.8 Å². The van der Waals surface area contributed by atoms with Gasteiger partial charge < -0.3 is 10.6 Å². The Morgan fingerprint density at radius 1 is 1.26 bits per heavy atom. The van der Waals surface area contributed by atoms with E-state index in [0.717, 1.165) is 0 Å². The summed E-state index contributed by atoms with van der Waals surface area (Å²) in [5, 5.41) is 6.01. The van der Waals surface area contributed by atoms with E-state index in [4.69, 9.17) is 0 Å². The fraction of sp³-hybridized carbons (Fsp3) is 0.533. The van der Waals surface area contributed by atoms with Crippen LogP contribution in [-0.2, 0) is 16.4 Å². The molecule has 0 saturated carbocycles. The summed E-state index contributed by atoms with van der Waals surface area (Å²) in [4.78, 5) is 4.29. The molecule has 5 nitrogen and oxygen atoms in total. The molecule has 0 aliphatic rings. The van der Waals surface area contributed by atoms with Crippen molar-refractivity contribution in [3.63, 3.8) is 0 Å². The minimum atomic E-state index is -3.19. The molecule has 0 spiro atoms. The van der Waals surface area contributed by atoms with E-state index < -0.39 is 14.6 Å². The zero-order valence-electron chi connectivity index (χ0n) is 13.9. The number of aliphatic imine (C=N–C) groups is 1. The molecule has 0 fully saturated rings. The van der Waals surface area contributed by atoms with Crippen LogP contribution in [0, 0.1) is 5.82 Å². The largest absolute Gasteiger partial charge is 0.357 e. The molecule has 8 heteroatoms. The molecule has 0 aliphatic heterocycles. The Labute approximate surface area is 155 Å². The zero-order valence-corrected chi connectivity index (χ0v) is 17.0. The maximum atomic E-state index is 13.6. The molecule has 0 radical (unpaired) electrons. The number of nitrogens with one attached hydrogen (secondary N) is 2. The molecule has 1 aromatic carbocycles. The standard InChI is InChI=1S/C15H24FN3O2S.HI/c1-5-17-14(19-11-15(2,3)22(4,20)21)18-10-12-8-6-7-9-13(12)16;/h6-9H,5,10-11H2,1-4H3,(H2,17,18,19);1H. The number of sulfone groups is 1. The van der Waals surface area contributed by atoms with Crippen molar-refractivity contribution in [1.82, 2.24) is 10.6 Å². The SMILES string of the molecule is CCNC(=NCc1ccccc1F)NCC(C)(C)S(C)(=O)=O.I. The maximum Gasteiger partial charge on any atom is 0.191 e. The second-order valence-corrected chi connectivity index (χ2v) is 8.32. The number of nitrogens with zero attached hydrogens (tertiary/aromatic N) is 1. The molecule has 0 saturated heterocycles. The van der Waals surface area contributed by atoms with E-state index in [1.807, 2.05) is 6.92 Å². The number of rotatable bonds is 6. The summed E-state index contributed by atoms with van der Waals surface area (Å²) in [5.41, 5.74) is 0.488. The van der Waals surface area contributed by atoms with E-state index in [1.165, 1.54) is 12.3 Å². The van der Waals surface area contributed by atoms with E-state index in [0.29, 0.717) is 18.1 Å². The molecule has 0 atom stereocenters. The Morgan fingerprint density at radius 2 is 1.87 bits per heavy atom. The lowest BCUT2D eigenvalue weighted by Crippen LogP contribution is -2.47. The van der Waals surface area contributed by atoms with Gasteiger partial charge in [0.1, 0.15) is 5.82 Å². The van der Waals surface area contributed by atoms with E-state index >= 15 is 0 Å². The Kier molecular flexibility index (Phi) is 9.04. The topological polar surface area (TPSA) is 70.6 Å². The monoisotopic (exact) mass is 457 g/mol. The third kappa shape index (κ3) is 7.03. The quantitative estimate of drug-likeness (QED) is 0.391. The molecule has 2 N–H and O–H groups in total. The highest BCUT2D eigenvalue weighted by molar-refractivity contribution is 14.0. The first-order valence-corrected chi connectivity index (χ1v) is 9.01. The highest BCUT2D eigenvalue weighted by Crippen LogP contribution is 2.13. The van der Waals surface area contributed by atoms with Gasteiger partial charge in [-0.25, -0.2) is 17.8 Å². The van der Waals surface area contributed by atoms with Crippen molar-refractivity contribution < 1.29 is 12.8 Å². The normalized spacial score (nSPS) is 12.5. The van der Waals surface area contributed by atoms with Crippen molar-refractivity contribution in [3.05, 3.63) is 35.6 Å². The Morgan fingerprint density at radius 3 is 2.39 bits per heavy atom. The Hall–Kier alpha value is -0.900. The highest BCUT2D eigenvalue weighted by atomic mass is 127. The maximum absolute atomic E-state index is 13.6. The van der Waals surface area contributed by atoms with Crippen LogP contribution >= 0.6 is 24.0 Å². The van der Waals surface area contributed by atoms with E-state index in [1.54, 1.807) is 32.0 Å². The van der Waals surface area contributed by atoms with Crippen molar-refractivity contribution in [1.29, 1.82) is 0 Å². The summed E-state index contributed by atoms with van der Waals surface area (Å²) in [5.74, 6) is 0.154. The van der Waals surface area contributed by atoms with Gasteiger partial charge in [0, 0.05) is 24.9 Å². The number of hydrogen-bond donors (Lipinski definition) is 2. The summed E-state index contributed by atoms with van der Waals surface area (Å²) in [7, 11) is -3.19. The summed E-state index contributed by atoms with van der Waals surface area (Å²) < 4.78 is 36.0. The van der Waals surface area contributed by atoms with Gasteiger partial charge in [0.15, 0.2) is 15.8 Å². The van der Waals surface area contributed by atoms with Gasteiger partial charge in [0.25, 0.3) is 0 Å². The van der Waals surface area contributed by atoms with Crippen LogP contribution in [0.15, 0.2) is 29.3 Å². The minimum absolute atomic E-state index is 0. The van der Waals surface area contributed by atoms with Crippen LogP contribution in [-0.4, -0.2) is 38.5 Å². The van der Waals surface area contributed by atoms with Crippen molar-refractivity contribution in [3.8, 4) is 0 Å². The lowest BCUT2D eigenvalue weighted by atomic mass is 10.2. The molecular weight excluding hydrogens is 432 g/mol. The number of hydrogen-bond acceptors (Lipinski definition) is 3. The minimum Gasteiger partial charge on any atom is -0.357 e. The molecule has 1 aromatic rings. The van der Waals surface area contributed by atoms with Crippen LogP contribution in [0.4, 0.5) is 4.39 Å². The second kappa shape index (κ2) is 9.41. The van der Waals surface area contributed by atoms with E-state index in [9.17, 15) is 12.8 Å². The molecule has 0 unspecified atom stereocenters. The summed E-state index contributed by atoms with van der Waals surface area (Å²) in [6.07, 6.45) is 1.21. The lowest BCUT2D eigenvalue weighted by molar-refractivity contribution is 0.544. The van der Waals surface area contributed by atoms with Crippen LogP contribution in [0.25, 0.3) is 0 Å². The predicted molar refractivity (Wildman–Crippen MR) is 104 cm³/mol. The fourth-order valence-corrected chi connectivity index (χ4v) is 1.89.